The predicted octanol–water partition coefficient (Wildman–Crippen LogP) is 2.02. The minimum absolute atomic E-state index is 0.100. The van der Waals surface area contributed by atoms with Gasteiger partial charge in [-0.1, -0.05) is 11.6 Å². The van der Waals surface area contributed by atoms with Crippen LogP contribution in [0.2, 0.25) is 5.02 Å². The highest BCUT2D eigenvalue weighted by Crippen LogP contribution is 2.36. The van der Waals surface area contributed by atoms with E-state index in [1.807, 2.05) is 0 Å². The number of hydrogen-bond donors (Lipinski definition) is 2. The number of phenolic OH excluding ortho intramolecular Hbond substituents is 1. The van der Waals surface area contributed by atoms with Gasteiger partial charge in [0.2, 0.25) is 0 Å². The molecule has 14 heavy (non-hydrogen) atoms. The molecule has 0 saturated heterocycles. The average molecular weight is 220 g/mol. The van der Waals surface area contributed by atoms with E-state index in [4.69, 9.17) is 22.1 Å². The molecule has 0 bridgehead atoms. The first-order valence-electron chi connectivity index (χ1n) is 3.98. The second-order valence-corrected chi connectivity index (χ2v) is 3.22. The Bertz CT molecular complexity index is 333. The quantitative estimate of drug-likeness (QED) is 0.818. The molecule has 0 amide bonds. The van der Waals surface area contributed by atoms with E-state index in [2.05, 4.69) is 0 Å². The first kappa shape index (κ1) is 11.1. The Hall–Kier alpha value is -1.00. The lowest BCUT2D eigenvalue weighted by atomic mass is 10.1. The summed E-state index contributed by atoms with van der Waals surface area (Å²) in [6.45, 7) is -0.690. The van der Waals surface area contributed by atoms with Crippen molar-refractivity contribution < 1.29 is 14.2 Å². The molecule has 1 aromatic carbocycles. The summed E-state index contributed by atoms with van der Waals surface area (Å²) < 4.78 is 17.1. The molecule has 0 saturated carbocycles. The van der Waals surface area contributed by atoms with Crippen molar-refractivity contribution in [2.45, 2.75) is 6.04 Å². The van der Waals surface area contributed by atoms with Gasteiger partial charge in [-0.2, -0.15) is 0 Å². The van der Waals surface area contributed by atoms with Gasteiger partial charge in [0.25, 0.3) is 0 Å². The molecule has 0 aliphatic carbocycles. The van der Waals surface area contributed by atoms with Crippen molar-refractivity contribution in [2.75, 3.05) is 13.8 Å². The summed E-state index contributed by atoms with van der Waals surface area (Å²) in [5.74, 6) is 0.0281. The Morgan fingerprint density at radius 3 is 2.79 bits per heavy atom. The van der Waals surface area contributed by atoms with Gasteiger partial charge in [-0.05, 0) is 17.7 Å². The number of rotatable bonds is 3. The normalized spacial score (nSPS) is 12.6. The largest absolute Gasteiger partial charge is 0.503 e. The fourth-order valence-electron chi connectivity index (χ4n) is 1.05. The minimum Gasteiger partial charge on any atom is -0.503 e. The van der Waals surface area contributed by atoms with E-state index in [0.717, 1.165) is 0 Å². The highest BCUT2D eigenvalue weighted by molar-refractivity contribution is 6.32. The van der Waals surface area contributed by atoms with Crippen LogP contribution in [0.5, 0.6) is 11.5 Å². The third kappa shape index (κ3) is 2.08. The third-order valence-electron chi connectivity index (χ3n) is 1.87. The van der Waals surface area contributed by atoms with Crippen molar-refractivity contribution in [3.8, 4) is 11.5 Å². The van der Waals surface area contributed by atoms with E-state index in [1.54, 1.807) is 0 Å². The number of nitrogens with two attached hydrogens (primary N) is 1. The van der Waals surface area contributed by atoms with Crippen LogP contribution >= 0.6 is 11.6 Å². The van der Waals surface area contributed by atoms with Gasteiger partial charge in [0.05, 0.1) is 18.2 Å². The van der Waals surface area contributed by atoms with Crippen LogP contribution < -0.4 is 10.5 Å². The first-order chi connectivity index (χ1) is 6.60. The predicted molar refractivity (Wildman–Crippen MR) is 52.6 cm³/mol. The van der Waals surface area contributed by atoms with Crippen molar-refractivity contribution >= 4 is 11.6 Å². The summed E-state index contributed by atoms with van der Waals surface area (Å²) in [6, 6.07) is 2.14. The SMILES string of the molecule is COc1cc([C@H](N)CF)cc(Cl)c1O. The molecule has 3 N–H and O–H groups in total. The molecule has 5 heteroatoms. The third-order valence-corrected chi connectivity index (χ3v) is 2.15. The van der Waals surface area contributed by atoms with E-state index in [-0.39, 0.29) is 16.5 Å². The van der Waals surface area contributed by atoms with Gasteiger partial charge >= 0.3 is 0 Å². The number of alkyl halides is 1. The molecule has 1 aromatic rings. The molecule has 0 spiro atoms. The molecule has 0 aliphatic rings. The van der Waals surface area contributed by atoms with Gasteiger partial charge in [0.15, 0.2) is 11.5 Å². The highest BCUT2D eigenvalue weighted by Gasteiger charge is 2.13. The van der Waals surface area contributed by atoms with Gasteiger partial charge in [-0.25, -0.2) is 4.39 Å². The van der Waals surface area contributed by atoms with Gasteiger partial charge in [-0.3, -0.25) is 0 Å². The maximum atomic E-state index is 12.3. The number of methoxy groups -OCH3 is 1. The summed E-state index contributed by atoms with van der Waals surface area (Å²) in [7, 11) is 1.39. The molecule has 0 unspecified atom stereocenters. The zero-order valence-electron chi connectivity index (χ0n) is 7.63. The number of hydrogen-bond acceptors (Lipinski definition) is 3. The molecule has 0 aromatic heterocycles. The van der Waals surface area contributed by atoms with Gasteiger partial charge in [0, 0.05) is 0 Å². The Balaban J connectivity index is 3.16. The van der Waals surface area contributed by atoms with Crippen molar-refractivity contribution in [2.24, 2.45) is 5.73 Å². The van der Waals surface area contributed by atoms with Crippen LogP contribution in [-0.2, 0) is 0 Å². The van der Waals surface area contributed by atoms with Crippen LogP contribution in [0, 0.1) is 0 Å². The summed E-state index contributed by atoms with van der Waals surface area (Å²) in [6.07, 6.45) is 0. The number of benzene rings is 1. The van der Waals surface area contributed by atoms with E-state index in [1.165, 1.54) is 19.2 Å². The number of phenols is 1. The van der Waals surface area contributed by atoms with E-state index < -0.39 is 12.7 Å². The van der Waals surface area contributed by atoms with E-state index in [9.17, 15) is 9.50 Å². The van der Waals surface area contributed by atoms with Crippen molar-refractivity contribution in [1.82, 2.24) is 0 Å². The maximum Gasteiger partial charge on any atom is 0.176 e. The zero-order valence-corrected chi connectivity index (χ0v) is 8.38. The number of ether oxygens (including phenoxy) is 1. The molecule has 0 fully saturated rings. The van der Waals surface area contributed by atoms with Crippen molar-refractivity contribution in [1.29, 1.82) is 0 Å². The van der Waals surface area contributed by atoms with Gasteiger partial charge in [0.1, 0.15) is 6.67 Å². The van der Waals surface area contributed by atoms with Crippen molar-refractivity contribution in [3.05, 3.63) is 22.7 Å². The summed E-state index contributed by atoms with van der Waals surface area (Å²) in [5, 5.41) is 9.49. The van der Waals surface area contributed by atoms with Crippen LogP contribution in [0.1, 0.15) is 11.6 Å². The van der Waals surface area contributed by atoms with Crippen LogP contribution in [0.3, 0.4) is 0 Å². The molecule has 0 radical (unpaired) electrons. The Morgan fingerprint density at radius 2 is 2.29 bits per heavy atom. The number of aromatic hydroxyl groups is 1. The Morgan fingerprint density at radius 1 is 1.64 bits per heavy atom. The lowest BCUT2D eigenvalue weighted by Crippen LogP contribution is -2.12. The minimum atomic E-state index is -0.748. The van der Waals surface area contributed by atoms with Gasteiger partial charge in [-0.15, -0.1) is 0 Å². The molecular weight excluding hydrogens is 209 g/mol. The topological polar surface area (TPSA) is 55.5 Å². The fourth-order valence-corrected chi connectivity index (χ4v) is 1.27. The summed E-state index contributed by atoms with van der Waals surface area (Å²) in [5.41, 5.74) is 5.96. The maximum absolute atomic E-state index is 12.3. The van der Waals surface area contributed by atoms with Crippen LogP contribution in [0.4, 0.5) is 4.39 Å². The molecular formula is C9H11ClFNO2. The Labute approximate surface area is 86.2 Å². The molecule has 0 aliphatic heterocycles. The van der Waals surface area contributed by atoms with Crippen LogP contribution in [-0.4, -0.2) is 18.9 Å². The molecule has 3 nitrogen and oxygen atoms in total. The van der Waals surface area contributed by atoms with Gasteiger partial charge < -0.3 is 15.6 Å². The number of halogens is 2. The molecule has 1 atom stereocenters. The monoisotopic (exact) mass is 219 g/mol. The van der Waals surface area contributed by atoms with Crippen molar-refractivity contribution in [3.63, 3.8) is 0 Å². The Kier molecular flexibility index (Phi) is 3.55. The fraction of sp³-hybridized carbons (Fsp3) is 0.333. The lowest BCUT2D eigenvalue weighted by Gasteiger charge is -2.11. The van der Waals surface area contributed by atoms with E-state index >= 15 is 0 Å². The molecule has 78 valence electrons. The zero-order chi connectivity index (χ0) is 10.7. The molecule has 1 rings (SSSR count). The van der Waals surface area contributed by atoms with E-state index in [0.29, 0.717) is 5.56 Å². The second kappa shape index (κ2) is 4.48. The average Bonchev–Trinajstić information content (AvgIpc) is 2.20. The molecule has 0 heterocycles. The summed E-state index contributed by atoms with van der Waals surface area (Å²) in [4.78, 5) is 0. The second-order valence-electron chi connectivity index (χ2n) is 2.81. The highest BCUT2D eigenvalue weighted by atomic mass is 35.5. The standard InChI is InChI=1S/C9H11ClFNO2/c1-14-8-3-5(7(12)4-11)2-6(10)9(8)13/h2-3,7,13H,4,12H2,1H3/t7-/m1/s1. The lowest BCUT2D eigenvalue weighted by molar-refractivity contribution is 0.371. The summed E-state index contributed by atoms with van der Waals surface area (Å²) >= 11 is 5.69. The first-order valence-corrected chi connectivity index (χ1v) is 4.36. The van der Waals surface area contributed by atoms with Crippen LogP contribution in [0.15, 0.2) is 12.1 Å². The van der Waals surface area contributed by atoms with Crippen LogP contribution in [0.25, 0.3) is 0 Å². The smallest absolute Gasteiger partial charge is 0.176 e.